The smallest absolute Gasteiger partial charge is 0.228 e. The Morgan fingerprint density at radius 2 is 1.73 bits per heavy atom. The summed E-state index contributed by atoms with van der Waals surface area (Å²) in [6.07, 6.45) is 3.03. The molecule has 0 fully saturated rings. The van der Waals surface area contributed by atoms with Crippen molar-refractivity contribution in [1.82, 2.24) is 0 Å². The molecule has 0 radical (unpaired) electrons. The Labute approximate surface area is 193 Å². The largest absolute Gasteiger partial charge is 0.455 e. The molecule has 2 heterocycles. The molecule has 164 valence electrons. The predicted molar refractivity (Wildman–Crippen MR) is 134 cm³/mol. The molecule has 1 aliphatic rings. The first-order chi connectivity index (χ1) is 15.8. The van der Waals surface area contributed by atoms with Gasteiger partial charge in [-0.15, -0.1) is 0 Å². The van der Waals surface area contributed by atoms with Gasteiger partial charge in [0, 0.05) is 17.0 Å². The molecule has 0 unspecified atom stereocenters. The molecular weight excluding hydrogens is 409 g/mol. The second kappa shape index (κ2) is 7.02. The third kappa shape index (κ3) is 2.88. The minimum absolute atomic E-state index is 0.221. The van der Waals surface area contributed by atoms with Crippen molar-refractivity contribution < 1.29 is 13.7 Å². The highest BCUT2D eigenvalue weighted by Crippen LogP contribution is 2.52. The van der Waals surface area contributed by atoms with E-state index in [1.807, 2.05) is 6.07 Å². The normalized spacial score (nSPS) is 12.6. The highest BCUT2D eigenvalue weighted by Gasteiger charge is 2.33. The van der Waals surface area contributed by atoms with Crippen molar-refractivity contribution in [2.75, 3.05) is 0 Å². The Balaban J connectivity index is 1.83. The van der Waals surface area contributed by atoms with E-state index in [0.29, 0.717) is 5.92 Å². The third-order valence-electron chi connectivity index (χ3n) is 7.00. The second-order valence-electron chi connectivity index (χ2n) is 9.86. The van der Waals surface area contributed by atoms with Gasteiger partial charge in [-0.2, -0.15) is 0 Å². The Morgan fingerprint density at radius 1 is 0.909 bits per heavy atom. The van der Waals surface area contributed by atoms with Gasteiger partial charge >= 0.3 is 0 Å². The van der Waals surface area contributed by atoms with E-state index in [1.54, 1.807) is 6.07 Å². The van der Waals surface area contributed by atoms with Gasteiger partial charge in [0.05, 0.1) is 10.9 Å². The van der Waals surface area contributed by atoms with Crippen LogP contribution in [0.15, 0.2) is 54.7 Å². The summed E-state index contributed by atoms with van der Waals surface area (Å²) in [6, 6.07) is 15.9. The molecule has 33 heavy (non-hydrogen) atoms. The first kappa shape index (κ1) is 20.2. The maximum Gasteiger partial charge on any atom is 0.228 e. The van der Waals surface area contributed by atoms with Crippen molar-refractivity contribution >= 4 is 32.3 Å². The van der Waals surface area contributed by atoms with Gasteiger partial charge in [-0.25, -0.2) is 8.96 Å². The number of pyridine rings is 1. The molecule has 0 spiro atoms. The lowest BCUT2D eigenvalue weighted by Crippen LogP contribution is -2.32. The maximum atomic E-state index is 14.2. The molecule has 0 saturated heterocycles. The SMILES string of the molecule is Cc1ccc2c(CC(C)C)c3c(c(C)c2c1)-c1c2c(cc4ccc(F)cc4c2cc[n+]1C)O3. The van der Waals surface area contributed by atoms with Gasteiger partial charge in [-0.05, 0) is 71.5 Å². The van der Waals surface area contributed by atoms with E-state index in [2.05, 4.69) is 75.8 Å². The van der Waals surface area contributed by atoms with Crippen LogP contribution in [-0.4, -0.2) is 0 Å². The Kier molecular flexibility index (Phi) is 4.29. The number of hydrogen-bond acceptors (Lipinski definition) is 1. The van der Waals surface area contributed by atoms with Crippen molar-refractivity contribution in [2.45, 2.75) is 34.1 Å². The summed E-state index contributed by atoms with van der Waals surface area (Å²) >= 11 is 0. The third-order valence-corrected chi connectivity index (χ3v) is 7.00. The van der Waals surface area contributed by atoms with Crippen LogP contribution >= 0.6 is 0 Å². The summed E-state index contributed by atoms with van der Waals surface area (Å²) < 4.78 is 23.2. The van der Waals surface area contributed by atoms with E-state index in [1.165, 1.54) is 33.5 Å². The van der Waals surface area contributed by atoms with Gasteiger partial charge in [0.15, 0.2) is 6.20 Å². The fraction of sp³-hybridized carbons (Fsp3) is 0.233. The number of halogens is 1. The zero-order valence-corrected chi connectivity index (χ0v) is 19.7. The van der Waals surface area contributed by atoms with Gasteiger partial charge in [0.25, 0.3) is 0 Å². The van der Waals surface area contributed by atoms with E-state index >= 15 is 0 Å². The van der Waals surface area contributed by atoms with Crippen LogP contribution in [0.3, 0.4) is 0 Å². The molecule has 3 heteroatoms. The van der Waals surface area contributed by atoms with Crippen LogP contribution in [0.2, 0.25) is 0 Å². The van der Waals surface area contributed by atoms with Crippen LogP contribution in [-0.2, 0) is 13.5 Å². The van der Waals surface area contributed by atoms with Crippen LogP contribution in [0.4, 0.5) is 4.39 Å². The van der Waals surface area contributed by atoms with Crippen LogP contribution in [0.5, 0.6) is 11.5 Å². The summed E-state index contributed by atoms with van der Waals surface area (Å²) in [5.41, 5.74) is 6.04. The van der Waals surface area contributed by atoms with Gasteiger partial charge in [-0.3, -0.25) is 0 Å². The minimum Gasteiger partial charge on any atom is -0.455 e. The van der Waals surface area contributed by atoms with Crippen molar-refractivity contribution in [1.29, 1.82) is 0 Å². The number of aromatic nitrogens is 1. The number of hydrogen-bond donors (Lipinski definition) is 0. The summed E-state index contributed by atoms with van der Waals surface area (Å²) in [5, 5.41) is 6.53. The Bertz CT molecular complexity index is 1630. The lowest BCUT2D eigenvalue weighted by Gasteiger charge is -2.26. The Morgan fingerprint density at radius 3 is 2.52 bits per heavy atom. The molecule has 0 N–H and O–H groups in total. The fourth-order valence-corrected chi connectivity index (χ4v) is 5.53. The zero-order chi connectivity index (χ0) is 23.0. The van der Waals surface area contributed by atoms with Crippen LogP contribution in [0.25, 0.3) is 43.6 Å². The van der Waals surface area contributed by atoms with E-state index in [-0.39, 0.29) is 5.82 Å². The average Bonchev–Trinajstić information content (AvgIpc) is 2.78. The Hall–Kier alpha value is -3.46. The average molecular weight is 437 g/mol. The molecule has 4 aromatic carbocycles. The molecule has 0 aliphatic carbocycles. The quantitative estimate of drug-likeness (QED) is 0.200. The topological polar surface area (TPSA) is 13.1 Å². The highest BCUT2D eigenvalue weighted by atomic mass is 19.1. The lowest BCUT2D eigenvalue weighted by molar-refractivity contribution is -0.659. The molecule has 1 aliphatic heterocycles. The summed E-state index contributed by atoms with van der Waals surface area (Å²) in [4.78, 5) is 0. The molecule has 0 amide bonds. The lowest BCUT2D eigenvalue weighted by atomic mass is 9.85. The molecule has 1 aromatic heterocycles. The molecule has 5 aromatic rings. The number of aryl methyl sites for hydroxylation is 3. The molecule has 0 atom stereocenters. The van der Waals surface area contributed by atoms with Crippen molar-refractivity contribution in [3.05, 3.63) is 77.2 Å². The number of benzene rings is 4. The van der Waals surface area contributed by atoms with E-state index in [0.717, 1.165) is 50.7 Å². The van der Waals surface area contributed by atoms with E-state index in [9.17, 15) is 4.39 Å². The second-order valence-corrected chi connectivity index (χ2v) is 9.86. The maximum absolute atomic E-state index is 14.2. The van der Waals surface area contributed by atoms with Crippen molar-refractivity contribution in [2.24, 2.45) is 13.0 Å². The minimum atomic E-state index is -0.221. The molecule has 0 bridgehead atoms. The van der Waals surface area contributed by atoms with Crippen molar-refractivity contribution in [3.8, 4) is 22.8 Å². The first-order valence-electron chi connectivity index (χ1n) is 11.6. The van der Waals surface area contributed by atoms with Crippen LogP contribution in [0.1, 0.15) is 30.5 Å². The van der Waals surface area contributed by atoms with Gasteiger partial charge in [-0.1, -0.05) is 43.7 Å². The first-order valence-corrected chi connectivity index (χ1v) is 11.6. The number of ether oxygens (including phenoxy) is 1. The number of fused-ring (bicyclic) bond motifs is 5. The summed E-state index contributed by atoms with van der Waals surface area (Å²) in [7, 11) is 2.09. The number of rotatable bonds is 2. The van der Waals surface area contributed by atoms with Crippen LogP contribution < -0.4 is 9.30 Å². The molecule has 0 saturated carbocycles. The number of nitrogens with zero attached hydrogens (tertiary/aromatic N) is 1. The molecule has 6 rings (SSSR count). The summed E-state index contributed by atoms with van der Waals surface area (Å²) in [5.74, 6) is 2.09. The van der Waals surface area contributed by atoms with Gasteiger partial charge < -0.3 is 4.74 Å². The summed E-state index contributed by atoms with van der Waals surface area (Å²) in [6.45, 7) is 8.86. The molecule has 2 nitrogen and oxygen atoms in total. The zero-order valence-electron chi connectivity index (χ0n) is 19.7. The van der Waals surface area contributed by atoms with Gasteiger partial charge in [0.1, 0.15) is 24.4 Å². The molecular formula is C30H27FNO+. The van der Waals surface area contributed by atoms with Crippen molar-refractivity contribution in [3.63, 3.8) is 0 Å². The fourth-order valence-electron chi connectivity index (χ4n) is 5.53. The van der Waals surface area contributed by atoms with Crippen LogP contribution in [0, 0.1) is 25.6 Å². The predicted octanol–water partition coefficient (Wildman–Crippen LogP) is 7.70. The van der Waals surface area contributed by atoms with Gasteiger partial charge in [0.2, 0.25) is 5.69 Å². The monoisotopic (exact) mass is 436 g/mol. The standard InChI is InChI=1S/C30H27FNO/c1-16(2)12-25-21-9-6-17(3)13-23(21)18(4)27-29-28-22(10-11-32(29)5)24-15-20(31)8-7-19(24)14-26(28)33-30(25)27/h6-11,13-16H,12H2,1-5H3/q+1. The van der Waals surface area contributed by atoms with E-state index < -0.39 is 0 Å². The highest BCUT2D eigenvalue weighted by molar-refractivity contribution is 6.16. The van der Waals surface area contributed by atoms with E-state index in [4.69, 9.17) is 4.74 Å².